The Balaban J connectivity index is 4.35. The zero-order valence-corrected chi connectivity index (χ0v) is 39.8. The third-order valence-corrected chi connectivity index (χ3v) is 10.3. The summed E-state index contributed by atoms with van der Waals surface area (Å²) in [5.41, 5.74) is 0. The van der Waals surface area contributed by atoms with Crippen LogP contribution in [0.1, 0.15) is 162 Å². The predicted octanol–water partition coefficient (Wildman–Crippen LogP) is 13.6. The van der Waals surface area contributed by atoms with Gasteiger partial charge in [-0.1, -0.05) is 162 Å². The van der Waals surface area contributed by atoms with Crippen LogP contribution in [0, 0.1) is 0 Å². The Morgan fingerprint density at radius 3 is 1.47 bits per heavy atom. The molecule has 0 aromatic carbocycles. The second kappa shape index (κ2) is 43.1. The second-order valence-electron chi connectivity index (χ2n) is 16.4. The van der Waals surface area contributed by atoms with E-state index in [-0.39, 0.29) is 26.2 Å². The molecule has 2 unspecified atom stereocenters. The highest BCUT2D eigenvalue weighted by Crippen LogP contribution is 2.38. The van der Waals surface area contributed by atoms with Crippen LogP contribution in [0.2, 0.25) is 0 Å². The van der Waals surface area contributed by atoms with Crippen LogP contribution in [0.15, 0.2) is 97.2 Å². The molecule has 9 heteroatoms. The highest BCUT2D eigenvalue weighted by Gasteiger charge is 2.20. The predicted molar refractivity (Wildman–Crippen MR) is 254 cm³/mol. The van der Waals surface area contributed by atoms with Crippen LogP contribution < -0.4 is 4.89 Å². The quantitative estimate of drug-likeness (QED) is 0.0198. The number of rotatable bonds is 42. The van der Waals surface area contributed by atoms with Gasteiger partial charge in [-0.15, -0.1) is 0 Å². The van der Waals surface area contributed by atoms with E-state index in [1.165, 1.54) is 64.2 Å². The normalized spacial score (nSPS) is 14.6. The van der Waals surface area contributed by atoms with E-state index in [2.05, 4.69) is 111 Å². The molecule has 8 nitrogen and oxygen atoms in total. The fraction of sp³-hybridized carbons (Fsp3) is 0.667. The van der Waals surface area contributed by atoms with E-state index in [1.807, 2.05) is 21.1 Å². The standard InChI is InChI=1S/C51H88NO7P/c1-6-8-10-12-14-16-18-20-22-23-24-25-26-27-28-29-30-32-34-36-38-40-42-44-51(53)59-50(49-58-60(54,55)57-47-45-52(3,4)5)48-56-46-43-41-39-37-35-33-31-21-19-17-15-13-11-9-7-2/h8,10,14,16,19-22,24-25,27-28,30,32,36,38,50H,6-7,9,11-13,15,17-18,23,26,29,31,33-35,37,39-49H2,1-5H3/b10-8-,16-14-,21-19-,22-20-,25-24-,28-27-,32-30-,38-36-. The van der Waals surface area contributed by atoms with E-state index >= 15 is 0 Å². The number of phosphoric acid groups is 1. The number of phosphoric ester groups is 1. The number of esters is 1. The molecular weight excluding hydrogens is 770 g/mol. The molecule has 2 atom stereocenters. The van der Waals surface area contributed by atoms with E-state index in [0.717, 1.165) is 70.6 Å². The van der Waals surface area contributed by atoms with Gasteiger partial charge in [0.05, 0.1) is 34.4 Å². The molecule has 0 N–H and O–H groups in total. The molecule has 0 aliphatic carbocycles. The van der Waals surface area contributed by atoms with Gasteiger partial charge in [0, 0.05) is 13.0 Å². The zero-order chi connectivity index (χ0) is 44.1. The van der Waals surface area contributed by atoms with Crippen molar-refractivity contribution in [2.45, 2.75) is 168 Å². The van der Waals surface area contributed by atoms with Gasteiger partial charge < -0.3 is 27.9 Å². The maximum Gasteiger partial charge on any atom is 0.306 e. The largest absolute Gasteiger partial charge is 0.756 e. The van der Waals surface area contributed by atoms with Crippen molar-refractivity contribution >= 4 is 13.8 Å². The van der Waals surface area contributed by atoms with Crippen molar-refractivity contribution in [1.29, 1.82) is 0 Å². The summed E-state index contributed by atoms with van der Waals surface area (Å²) in [7, 11) is 1.30. The van der Waals surface area contributed by atoms with E-state index in [1.54, 1.807) is 0 Å². The molecule has 0 fully saturated rings. The Morgan fingerprint density at radius 1 is 0.533 bits per heavy atom. The molecule has 0 saturated carbocycles. The first kappa shape index (κ1) is 57.4. The molecule has 60 heavy (non-hydrogen) atoms. The third kappa shape index (κ3) is 46.5. The fourth-order valence-electron chi connectivity index (χ4n) is 5.76. The number of hydrogen-bond acceptors (Lipinski definition) is 7. The summed E-state index contributed by atoms with van der Waals surface area (Å²) in [4.78, 5) is 25.1. The van der Waals surface area contributed by atoms with Gasteiger partial charge in [-0.25, -0.2) is 0 Å². The SMILES string of the molecule is CC/C=C\C/C=C\C/C=C\C/C=C\C/C=C\C/C=C\C/C=C\CCCC(=O)OC(COCCCCCCCC/C=C\CCCCCCC)COP(=O)([O-])OCC[N+](C)(C)C. The molecule has 0 radical (unpaired) electrons. The minimum absolute atomic E-state index is 0.00867. The minimum Gasteiger partial charge on any atom is -0.756 e. The molecule has 0 bridgehead atoms. The summed E-state index contributed by atoms with van der Waals surface area (Å²) in [5, 5.41) is 0. The summed E-state index contributed by atoms with van der Waals surface area (Å²) in [5.74, 6) is -0.397. The van der Waals surface area contributed by atoms with Crippen molar-refractivity contribution < 1.29 is 37.3 Å². The van der Waals surface area contributed by atoms with Gasteiger partial charge in [0.1, 0.15) is 19.3 Å². The number of likely N-dealkylation sites (N-methyl/N-ethyl adjacent to an activating group) is 1. The Kier molecular flexibility index (Phi) is 41.2. The first-order chi connectivity index (χ1) is 29.1. The van der Waals surface area contributed by atoms with Crippen LogP contribution in [0.4, 0.5) is 0 Å². The van der Waals surface area contributed by atoms with Crippen LogP contribution in [0.5, 0.6) is 0 Å². The monoisotopic (exact) mass is 858 g/mol. The van der Waals surface area contributed by atoms with Crippen molar-refractivity contribution in [3.05, 3.63) is 97.2 Å². The number of carbonyl (C=O) groups is 1. The smallest absolute Gasteiger partial charge is 0.306 e. The van der Waals surface area contributed by atoms with Crippen LogP contribution in [-0.2, 0) is 27.9 Å². The minimum atomic E-state index is -4.55. The van der Waals surface area contributed by atoms with Crippen molar-refractivity contribution in [3.63, 3.8) is 0 Å². The summed E-state index contributed by atoms with van der Waals surface area (Å²) in [6, 6.07) is 0. The van der Waals surface area contributed by atoms with Gasteiger partial charge in [-0.2, -0.15) is 0 Å². The number of quaternary nitrogens is 1. The average Bonchev–Trinajstić information content (AvgIpc) is 3.20. The molecule has 0 spiro atoms. The Hall–Kier alpha value is -2.58. The van der Waals surface area contributed by atoms with E-state index < -0.39 is 19.9 Å². The molecule has 0 rings (SSSR count). The van der Waals surface area contributed by atoms with Crippen molar-refractivity contribution in [2.75, 3.05) is 54.1 Å². The molecule has 0 saturated heterocycles. The van der Waals surface area contributed by atoms with Crippen molar-refractivity contribution in [2.24, 2.45) is 0 Å². The summed E-state index contributed by atoms with van der Waals surface area (Å²) >= 11 is 0. The molecule has 0 aromatic rings. The summed E-state index contributed by atoms with van der Waals surface area (Å²) in [6.07, 6.45) is 58.6. The van der Waals surface area contributed by atoms with Gasteiger partial charge >= 0.3 is 5.97 Å². The lowest BCUT2D eigenvalue weighted by atomic mass is 10.1. The third-order valence-electron chi connectivity index (χ3n) is 9.37. The molecule has 0 aromatic heterocycles. The van der Waals surface area contributed by atoms with Crippen molar-refractivity contribution in [3.8, 4) is 0 Å². The van der Waals surface area contributed by atoms with Crippen LogP contribution >= 0.6 is 7.82 Å². The topological polar surface area (TPSA) is 94.1 Å². The Bertz CT molecular complexity index is 1270. The van der Waals surface area contributed by atoms with Crippen LogP contribution in [0.3, 0.4) is 0 Å². The van der Waals surface area contributed by atoms with Gasteiger partial charge in [-0.3, -0.25) is 9.36 Å². The number of nitrogens with zero attached hydrogens (tertiary/aromatic N) is 1. The van der Waals surface area contributed by atoms with Gasteiger partial charge in [0.2, 0.25) is 0 Å². The maximum atomic E-state index is 12.7. The molecule has 0 aliphatic heterocycles. The van der Waals surface area contributed by atoms with Crippen LogP contribution in [-0.4, -0.2) is 70.7 Å². The van der Waals surface area contributed by atoms with E-state index in [9.17, 15) is 14.3 Å². The number of carbonyl (C=O) groups excluding carboxylic acids is 1. The summed E-state index contributed by atoms with van der Waals surface area (Å²) in [6.45, 7) is 5.17. The molecule has 344 valence electrons. The number of allylic oxidation sites excluding steroid dienone is 16. The lowest BCUT2D eigenvalue weighted by molar-refractivity contribution is -0.870. The lowest BCUT2D eigenvalue weighted by Gasteiger charge is -2.28. The first-order valence-corrected chi connectivity index (χ1v) is 24.9. The van der Waals surface area contributed by atoms with E-state index in [0.29, 0.717) is 24.1 Å². The van der Waals surface area contributed by atoms with Gasteiger partial charge in [0.25, 0.3) is 7.82 Å². The Morgan fingerprint density at radius 2 is 0.967 bits per heavy atom. The molecule has 0 aliphatic rings. The average molecular weight is 858 g/mol. The number of hydrogen-bond donors (Lipinski definition) is 0. The van der Waals surface area contributed by atoms with Gasteiger partial charge in [0.15, 0.2) is 0 Å². The molecule has 0 amide bonds. The number of unbranched alkanes of at least 4 members (excludes halogenated alkanes) is 12. The lowest BCUT2D eigenvalue weighted by Crippen LogP contribution is -2.37. The number of ether oxygens (including phenoxy) is 2. The fourth-order valence-corrected chi connectivity index (χ4v) is 6.49. The highest BCUT2D eigenvalue weighted by molar-refractivity contribution is 7.45. The summed E-state index contributed by atoms with van der Waals surface area (Å²) < 4.78 is 34.6. The van der Waals surface area contributed by atoms with Crippen LogP contribution in [0.25, 0.3) is 0 Å². The molecule has 0 heterocycles. The Labute approximate surface area is 368 Å². The van der Waals surface area contributed by atoms with Gasteiger partial charge in [-0.05, 0) is 89.9 Å². The second-order valence-corrected chi connectivity index (χ2v) is 17.8. The zero-order valence-electron chi connectivity index (χ0n) is 38.9. The first-order valence-electron chi connectivity index (χ1n) is 23.5. The van der Waals surface area contributed by atoms with E-state index in [4.69, 9.17) is 18.5 Å². The highest BCUT2D eigenvalue weighted by atomic mass is 31.2. The molecular formula is C51H88NO7P. The van der Waals surface area contributed by atoms with Crippen molar-refractivity contribution in [1.82, 2.24) is 0 Å². The maximum absolute atomic E-state index is 12.7.